The van der Waals surface area contributed by atoms with Crippen LogP contribution in [0.4, 0.5) is 19.0 Å². The zero-order chi connectivity index (χ0) is 16.4. The number of rotatable bonds is 3. The second-order valence-electron chi connectivity index (χ2n) is 6.14. The first-order chi connectivity index (χ1) is 10.9. The summed E-state index contributed by atoms with van der Waals surface area (Å²) in [4.78, 5) is 0. The van der Waals surface area contributed by atoms with Gasteiger partial charge in [0.15, 0.2) is 0 Å². The number of nitrogens with zero attached hydrogens (tertiary/aromatic N) is 2. The molecule has 23 heavy (non-hydrogen) atoms. The van der Waals surface area contributed by atoms with Crippen molar-refractivity contribution in [3.63, 3.8) is 0 Å². The molecule has 1 fully saturated rings. The minimum atomic E-state index is -4.37. The topological polar surface area (TPSA) is 43.8 Å². The van der Waals surface area contributed by atoms with Gasteiger partial charge in [-0.05, 0) is 24.5 Å². The van der Waals surface area contributed by atoms with Crippen molar-refractivity contribution in [3.8, 4) is 0 Å². The third kappa shape index (κ3) is 3.51. The lowest BCUT2D eigenvalue weighted by molar-refractivity contribution is -0.138. The van der Waals surface area contributed by atoms with Crippen LogP contribution in [0.15, 0.2) is 30.3 Å². The van der Waals surface area contributed by atoms with Crippen LogP contribution in [0.3, 0.4) is 0 Å². The molecule has 1 aromatic heterocycles. The smallest absolute Gasteiger partial charge is 0.384 e. The maximum absolute atomic E-state index is 13.1. The largest absolute Gasteiger partial charge is 0.416 e. The van der Waals surface area contributed by atoms with Crippen molar-refractivity contribution < 1.29 is 13.2 Å². The average Bonchev–Trinajstić information content (AvgIpc) is 2.89. The molecule has 1 aromatic carbocycles. The van der Waals surface area contributed by atoms with Crippen LogP contribution < -0.4 is 5.73 Å². The average molecular weight is 323 g/mol. The first-order valence-electron chi connectivity index (χ1n) is 7.93. The van der Waals surface area contributed by atoms with E-state index in [9.17, 15) is 13.2 Å². The monoisotopic (exact) mass is 323 g/mol. The van der Waals surface area contributed by atoms with Gasteiger partial charge in [0.25, 0.3) is 0 Å². The van der Waals surface area contributed by atoms with Gasteiger partial charge in [0, 0.05) is 12.0 Å². The third-order valence-corrected chi connectivity index (χ3v) is 4.50. The molecule has 3 rings (SSSR count). The Hall–Kier alpha value is -1.98. The van der Waals surface area contributed by atoms with Gasteiger partial charge in [0.05, 0.1) is 17.8 Å². The fraction of sp³-hybridized carbons (Fsp3) is 0.471. The molecule has 1 saturated carbocycles. The number of benzene rings is 1. The highest BCUT2D eigenvalue weighted by atomic mass is 19.4. The molecule has 2 N–H and O–H groups in total. The van der Waals surface area contributed by atoms with Crippen LogP contribution >= 0.6 is 0 Å². The lowest BCUT2D eigenvalue weighted by Gasteiger charge is -2.19. The van der Waals surface area contributed by atoms with Crippen molar-refractivity contribution in [2.24, 2.45) is 0 Å². The summed E-state index contributed by atoms with van der Waals surface area (Å²) in [5.41, 5.74) is 6.44. The molecule has 3 nitrogen and oxygen atoms in total. The van der Waals surface area contributed by atoms with Crippen molar-refractivity contribution >= 4 is 5.82 Å². The van der Waals surface area contributed by atoms with Gasteiger partial charge in [-0.1, -0.05) is 37.5 Å². The van der Waals surface area contributed by atoms with E-state index in [1.807, 2.05) is 6.07 Å². The summed E-state index contributed by atoms with van der Waals surface area (Å²) in [5, 5.41) is 4.48. The Kier molecular flexibility index (Phi) is 4.33. The lowest BCUT2D eigenvalue weighted by atomic mass is 9.87. The second-order valence-corrected chi connectivity index (χ2v) is 6.14. The highest BCUT2D eigenvalue weighted by Crippen LogP contribution is 2.34. The van der Waals surface area contributed by atoms with Gasteiger partial charge in [-0.25, -0.2) is 4.68 Å². The van der Waals surface area contributed by atoms with E-state index in [1.165, 1.54) is 36.1 Å². The van der Waals surface area contributed by atoms with Crippen molar-refractivity contribution in [1.29, 1.82) is 0 Å². The fourth-order valence-electron chi connectivity index (χ4n) is 3.27. The number of hydrogen-bond donors (Lipinski definition) is 1. The molecule has 124 valence electrons. The summed E-state index contributed by atoms with van der Waals surface area (Å²) in [6.07, 6.45) is 1.38. The van der Waals surface area contributed by atoms with Crippen LogP contribution in [-0.4, -0.2) is 9.78 Å². The lowest BCUT2D eigenvalue weighted by Crippen LogP contribution is -2.14. The number of nitrogen functional groups attached to an aromatic ring is 1. The summed E-state index contributed by atoms with van der Waals surface area (Å²) in [5.74, 6) is 0.799. The zero-order valence-electron chi connectivity index (χ0n) is 12.8. The molecule has 0 radical (unpaired) electrons. The first kappa shape index (κ1) is 15.9. The third-order valence-electron chi connectivity index (χ3n) is 4.50. The molecule has 0 spiro atoms. The van der Waals surface area contributed by atoms with E-state index in [0.717, 1.165) is 24.6 Å². The van der Waals surface area contributed by atoms with Gasteiger partial charge in [-0.15, -0.1) is 0 Å². The summed E-state index contributed by atoms with van der Waals surface area (Å²) in [6.45, 7) is 0.0359. The van der Waals surface area contributed by atoms with E-state index in [0.29, 0.717) is 11.7 Å². The van der Waals surface area contributed by atoms with E-state index >= 15 is 0 Å². The Morgan fingerprint density at radius 2 is 1.83 bits per heavy atom. The molecule has 0 amide bonds. The highest BCUT2D eigenvalue weighted by molar-refractivity contribution is 5.36. The van der Waals surface area contributed by atoms with Crippen LogP contribution in [0.5, 0.6) is 0 Å². The van der Waals surface area contributed by atoms with E-state index in [-0.39, 0.29) is 12.1 Å². The summed E-state index contributed by atoms with van der Waals surface area (Å²) >= 11 is 0. The van der Waals surface area contributed by atoms with Gasteiger partial charge < -0.3 is 5.73 Å². The molecular weight excluding hydrogens is 303 g/mol. The first-order valence-corrected chi connectivity index (χ1v) is 7.93. The number of alkyl halides is 3. The minimum Gasteiger partial charge on any atom is -0.384 e. The van der Waals surface area contributed by atoms with Crippen LogP contribution in [0.25, 0.3) is 0 Å². The van der Waals surface area contributed by atoms with E-state index < -0.39 is 11.7 Å². The Morgan fingerprint density at radius 3 is 2.52 bits per heavy atom. The summed E-state index contributed by atoms with van der Waals surface area (Å²) in [7, 11) is 0. The van der Waals surface area contributed by atoms with Crippen LogP contribution in [0.2, 0.25) is 0 Å². The van der Waals surface area contributed by atoms with E-state index in [1.54, 1.807) is 6.07 Å². The maximum atomic E-state index is 13.1. The fourth-order valence-corrected chi connectivity index (χ4v) is 3.27. The summed E-state index contributed by atoms with van der Waals surface area (Å²) < 4.78 is 40.7. The number of hydrogen-bond acceptors (Lipinski definition) is 2. The quantitative estimate of drug-likeness (QED) is 0.898. The molecule has 1 aliphatic carbocycles. The predicted octanol–water partition coefficient (Wildman–Crippen LogP) is 4.58. The Morgan fingerprint density at radius 1 is 1.13 bits per heavy atom. The molecule has 0 unspecified atom stereocenters. The summed E-state index contributed by atoms with van der Waals surface area (Å²) in [6, 6.07) is 7.38. The van der Waals surface area contributed by atoms with Crippen molar-refractivity contribution in [2.75, 3.05) is 5.73 Å². The van der Waals surface area contributed by atoms with Crippen molar-refractivity contribution in [3.05, 3.63) is 47.2 Å². The molecule has 2 aromatic rings. The maximum Gasteiger partial charge on any atom is 0.416 e. The number of halogens is 3. The van der Waals surface area contributed by atoms with Gasteiger partial charge >= 0.3 is 6.18 Å². The number of aromatic nitrogens is 2. The molecule has 1 aliphatic rings. The molecular formula is C17H20F3N3. The Labute approximate surface area is 133 Å². The van der Waals surface area contributed by atoms with Crippen LogP contribution in [0, 0.1) is 0 Å². The van der Waals surface area contributed by atoms with Gasteiger partial charge in [-0.2, -0.15) is 18.3 Å². The molecule has 0 aliphatic heterocycles. The standard InChI is InChI=1S/C17H20F3N3/c18-17(19,20)14-9-5-4-8-13(14)11-23-16(21)10-15(22-23)12-6-2-1-3-7-12/h4-5,8-10,12H,1-3,6-7,11,21H2. The van der Waals surface area contributed by atoms with E-state index in [2.05, 4.69) is 5.10 Å². The SMILES string of the molecule is Nc1cc(C2CCCCC2)nn1Cc1ccccc1C(F)(F)F. The van der Waals surface area contributed by atoms with E-state index in [4.69, 9.17) is 5.73 Å². The van der Waals surface area contributed by atoms with Crippen LogP contribution in [-0.2, 0) is 12.7 Å². The molecule has 6 heteroatoms. The molecule has 0 saturated heterocycles. The number of nitrogens with two attached hydrogens (primary N) is 1. The Balaban J connectivity index is 1.85. The normalized spacial score (nSPS) is 16.7. The molecule has 0 bridgehead atoms. The predicted molar refractivity (Wildman–Crippen MR) is 83.0 cm³/mol. The minimum absolute atomic E-state index is 0.0359. The van der Waals surface area contributed by atoms with Gasteiger partial charge in [0.2, 0.25) is 0 Å². The van der Waals surface area contributed by atoms with Gasteiger partial charge in [0.1, 0.15) is 5.82 Å². The van der Waals surface area contributed by atoms with Crippen molar-refractivity contribution in [1.82, 2.24) is 9.78 Å². The zero-order valence-corrected chi connectivity index (χ0v) is 12.8. The van der Waals surface area contributed by atoms with Gasteiger partial charge in [-0.3, -0.25) is 0 Å². The number of anilines is 1. The van der Waals surface area contributed by atoms with Crippen LogP contribution in [0.1, 0.15) is 54.8 Å². The Bertz CT molecular complexity index is 670. The van der Waals surface area contributed by atoms with Crippen molar-refractivity contribution in [2.45, 2.75) is 50.7 Å². The molecule has 1 heterocycles. The highest BCUT2D eigenvalue weighted by Gasteiger charge is 2.33. The molecule has 0 atom stereocenters. The second kappa shape index (κ2) is 6.26.